The zero-order valence-corrected chi connectivity index (χ0v) is 12.4. The second kappa shape index (κ2) is 6.26. The van der Waals surface area contributed by atoms with E-state index in [0.717, 1.165) is 5.92 Å². The van der Waals surface area contributed by atoms with E-state index in [1.807, 2.05) is 12.1 Å². The molecule has 0 saturated heterocycles. The summed E-state index contributed by atoms with van der Waals surface area (Å²) in [6.07, 6.45) is 9.49. The molecule has 20 heavy (non-hydrogen) atoms. The molecule has 0 heterocycles. The minimum absolute atomic E-state index is 0.131. The summed E-state index contributed by atoms with van der Waals surface area (Å²) in [6, 6.07) is 8.39. The molecule has 2 fully saturated rings. The quantitative estimate of drug-likeness (QED) is 0.844. The fourth-order valence-corrected chi connectivity index (χ4v) is 3.90. The van der Waals surface area contributed by atoms with Crippen LogP contribution in [0.3, 0.4) is 0 Å². The van der Waals surface area contributed by atoms with Gasteiger partial charge in [0.15, 0.2) is 0 Å². The van der Waals surface area contributed by atoms with Crippen LogP contribution < -0.4 is 5.32 Å². The monoisotopic (exact) mass is 275 g/mol. The Morgan fingerprint density at radius 1 is 1.05 bits per heavy atom. The van der Waals surface area contributed by atoms with Gasteiger partial charge in [0.05, 0.1) is 0 Å². The first kappa shape index (κ1) is 14.1. The maximum absolute atomic E-state index is 12.9. The molecule has 0 bridgehead atoms. The molecule has 0 radical (unpaired) electrons. The fourth-order valence-electron chi connectivity index (χ4n) is 3.90. The molecule has 0 amide bonds. The molecule has 0 aromatic heterocycles. The summed E-state index contributed by atoms with van der Waals surface area (Å²) in [6.45, 7) is 2.36. The number of hydrogen-bond acceptors (Lipinski definition) is 1. The predicted octanol–water partition coefficient (Wildman–Crippen LogP) is 4.63. The van der Waals surface area contributed by atoms with Crippen LogP contribution in [-0.2, 0) is 0 Å². The van der Waals surface area contributed by atoms with Crippen LogP contribution in [0, 0.1) is 11.7 Å². The highest BCUT2D eigenvalue weighted by molar-refractivity contribution is 5.23. The van der Waals surface area contributed by atoms with E-state index in [4.69, 9.17) is 0 Å². The van der Waals surface area contributed by atoms with Crippen LogP contribution >= 0.6 is 0 Å². The molecule has 2 aliphatic carbocycles. The molecule has 1 nitrogen and oxygen atoms in total. The van der Waals surface area contributed by atoms with Gasteiger partial charge in [0.2, 0.25) is 0 Å². The van der Waals surface area contributed by atoms with Gasteiger partial charge in [-0.3, -0.25) is 0 Å². The second-order valence-corrected chi connectivity index (χ2v) is 6.77. The van der Waals surface area contributed by atoms with Crippen molar-refractivity contribution < 1.29 is 4.39 Å². The molecule has 2 heteroatoms. The van der Waals surface area contributed by atoms with Crippen molar-refractivity contribution in [2.24, 2.45) is 5.92 Å². The van der Waals surface area contributed by atoms with Crippen molar-refractivity contribution in [3.8, 4) is 0 Å². The van der Waals surface area contributed by atoms with Gasteiger partial charge in [0.25, 0.3) is 0 Å². The average molecular weight is 275 g/mol. The summed E-state index contributed by atoms with van der Waals surface area (Å²) in [5.41, 5.74) is 1.30. The molecule has 1 aromatic rings. The van der Waals surface area contributed by atoms with Crippen molar-refractivity contribution in [2.45, 2.75) is 69.9 Å². The Hall–Kier alpha value is -0.890. The van der Waals surface area contributed by atoms with E-state index >= 15 is 0 Å². The van der Waals surface area contributed by atoms with Crippen LogP contribution in [0.5, 0.6) is 0 Å². The molecule has 2 aliphatic rings. The van der Waals surface area contributed by atoms with E-state index < -0.39 is 0 Å². The van der Waals surface area contributed by atoms with Gasteiger partial charge >= 0.3 is 0 Å². The Labute approximate surface area is 122 Å². The zero-order valence-electron chi connectivity index (χ0n) is 12.4. The highest BCUT2D eigenvalue weighted by Crippen LogP contribution is 2.38. The van der Waals surface area contributed by atoms with Gasteiger partial charge in [-0.1, -0.05) is 31.4 Å². The number of benzene rings is 1. The lowest BCUT2D eigenvalue weighted by molar-refractivity contribution is 0.211. The number of halogens is 1. The van der Waals surface area contributed by atoms with Crippen molar-refractivity contribution >= 4 is 0 Å². The van der Waals surface area contributed by atoms with Crippen molar-refractivity contribution in [2.75, 3.05) is 0 Å². The van der Waals surface area contributed by atoms with E-state index in [0.29, 0.717) is 18.0 Å². The van der Waals surface area contributed by atoms with Gasteiger partial charge in [-0.15, -0.1) is 0 Å². The maximum Gasteiger partial charge on any atom is 0.123 e. The van der Waals surface area contributed by atoms with E-state index in [2.05, 4.69) is 12.2 Å². The smallest absolute Gasteiger partial charge is 0.123 e. The van der Waals surface area contributed by atoms with Crippen LogP contribution in [-0.4, -0.2) is 12.1 Å². The predicted molar refractivity (Wildman–Crippen MR) is 81.3 cm³/mol. The molecule has 1 unspecified atom stereocenters. The minimum atomic E-state index is -0.131. The number of nitrogens with one attached hydrogen (secondary N) is 1. The third-order valence-electron chi connectivity index (χ3n) is 5.34. The van der Waals surface area contributed by atoms with Gasteiger partial charge in [-0.05, 0) is 62.1 Å². The topological polar surface area (TPSA) is 12.0 Å². The number of hydrogen-bond donors (Lipinski definition) is 1. The zero-order chi connectivity index (χ0) is 13.9. The van der Waals surface area contributed by atoms with Crippen molar-refractivity contribution in [1.82, 2.24) is 5.32 Å². The standard InChI is InChI=1S/C18H26FN/c1-13(14-5-3-2-4-6-14)20-18-11-16(12-18)15-7-9-17(19)10-8-15/h7-10,13-14,16,18,20H,2-6,11-12H2,1H3. The van der Waals surface area contributed by atoms with Gasteiger partial charge < -0.3 is 5.32 Å². The van der Waals surface area contributed by atoms with Crippen molar-refractivity contribution in [3.05, 3.63) is 35.6 Å². The molecule has 0 aliphatic heterocycles. The first-order valence-electron chi connectivity index (χ1n) is 8.24. The van der Waals surface area contributed by atoms with Gasteiger partial charge in [-0.25, -0.2) is 4.39 Å². The Balaban J connectivity index is 1.44. The average Bonchev–Trinajstić information content (AvgIpc) is 2.44. The third kappa shape index (κ3) is 3.22. The molecule has 2 saturated carbocycles. The van der Waals surface area contributed by atoms with Gasteiger partial charge in [0.1, 0.15) is 5.82 Å². The lowest BCUT2D eigenvalue weighted by Crippen LogP contribution is -2.47. The van der Waals surface area contributed by atoms with Gasteiger partial charge in [-0.2, -0.15) is 0 Å². The molecule has 3 rings (SSSR count). The molecule has 0 spiro atoms. The van der Waals surface area contributed by atoms with Crippen LogP contribution in [0.25, 0.3) is 0 Å². The number of rotatable bonds is 4. The van der Waals surface area contributed by atoms with Crippen LogP contribution in [0.1, 0.15) is 63.4 Å². The normalized spacial score (nSPS) is 28.9. The van der Waals surface area contributed by atoms with Gasteiger partial charge in [0, 0.05) is 12.1 Å². The Morgan fingerprint density at radius 2 is 1.70 bits per heavy atom. The lowest BCUT2D eigenvalue weighted by Gasteiger charge is -2.40. The molecular weight excluding hydrogens is 249 g/mol. The van der Waals surface area contributed by atoms with Crippen molar-refractivity contribution in [1.29, 1.82) is 0 Å². The van der Waals surface area contributed by atoms with E-state index in [-0.39, 0.29) is 5.82 Å². The Bertz CT molecular complexity index is 416. The summed E-state index contributed by atoms with van der Waals surface area (Å²) in [5.74, 6) is 1.38. The van der Waals surface area contributed by atoms with Crippen molar-refractivity contribution in [3.63, 3.8) is 0 Å². The maximum atomic E-state index is 12.9. The Kier molecular flexibility index (Phi) is 4.40. The minimum Gasteiger partial charge on any atom is -0.311 e. The van der Waals surface area contributed by atoms with E-state index in [1.165, 1.54) is 50.5 Å². The van der Waals surface area contributed by atoms with Crippen LogP contribution in [0.15, 0.2) is 24.3 Å². The Morgan fingerprint density at radius 3 is 2.35 bits per heavy atom. The third-order valence-corrected chi connectivity index (χ3v) is 5.34. The van der Waals surface area contributed by atoms with Crippen LogP contribution in [0.2, 0.25) is 0 Å². The first-order valence-corrected chi connectivity index (χ1v) is 8.24. The first-order chi connectivity index (χ1) is 9.72. The molecule has 110 valence electrons. The van der Waals surface area contributed by atoms with E-state index in [1.54, 1.807) is 12.1 Å². The largest absolute Gasteiger partial charge is 0.311 e. The summed E-state index contributed by atoms with van der Waals surface area (Å²) in [5, 5.41) is 3.82. The molecule has 1 N–H and O–H groups in total. The molecule has 1 atom stereocenters. The van der Waals surface area contributed by atoms with E-state index in [9.17, 15) is 4.39 Å². The fraction of sp³-hybridized carbons (Fsp3) is 0.667. The SMILES string of the molecule is CC(NC1CC(c2ccc(F)cc2)C1)C1CCCCC1. The highest BCUT2D eigenvalue weighted by Gasteiger charge is 2.32. The summed E-state index contributed by atoms with van der Waals surface area (Å²) in [7, 11) is 0. The highest BCUT2D eigenvalue weighted by atomic mass is 19.1. The summed E-state index contributed by atoms with van der Waals surface area (Å²) >= 11 is 0. The molecule has 1 aromatic carbocycles. The summed E-state index contributed by atoms with van der Waals surface area (Å²) < 4.78 is 12.9. The second-order valence-electron chi connectivity index (χ2n) is 6.77. The molecular formula is C18H26FN. The van der Waals surface area contributed by atoms with Crippen LogP contribution in [0.4, 0.5) is 4.39 Å². The summed E-state index contributed by atoms with van der Waals surface area (Å²) in [4.78, 5) is 0. The lowest BCUT2D eigenvalue weighted by atomic mass is 9.75.